The third-order valence-electron chi connectivity index (χ3n) is 7.77. The van der Waals surface area contributed by atoms with Crippen LogP contribution in [0.1, 0.15) is 36.3 Å². The van der Waals surface area contributed by atoms with Crippen LogP contribution in [0.5, 0.6) is 0 Å². The van der Waals surface area contributed by atoms with Crippen molar-refractivity contribution in [2.75, 3.05) is 36.8 Å². The van der Waals surface area contributed by atoms with Crippen molar-refractivity contribution in [3.63, 3.8) is 0 Å². The molecule has 3 aromatic heterocycles. The predicted octanol–water partition coefficient (Wildman–Crippen LogP) is 3.98. The highest BCUT2D eigenvalue weighted by Crippen LogP contribution is 2.23. The highest BCUT2D eigenvalue weighted by Gasteiger charge is 2.30. The number of rotatable bonds is 8. The van der Waals surface area contributed by atoms with Crippen LogP contribution in [-0.2, 0) is 11.2 Å². The van der Waals surface area contributed by atoms with Gasteiger partial charge in [-0.15, -0.1) is 0 Å². The summed E-state index contributed by atoms with van der Waals surface area (Å²) < 4.78 is 0. The first kappa shape index (κ1) is 26.9. The smallest absolute Gasteiger partial charge is 0.227 e. The molecule has 6 rings (SSSR count). The highest BCUT2D eigenvalue weighted by atomic mass is 16.1. The number of amides is 1. The molecule has 0 radical (unpaired) electrons. The van der Waals surface area contributed by atoms with Crippen LogP contribution in [0.25, 0.3) is 11.5 Å². The molecule has 1 atom stereocenters. The van der Waals surface area contributed by atoms with Gasteiger partial charge in [-0.2, -0.15) is 0 Å². The Hall–Kier alpha value is -4.28. The lowest BCUT2D eigenvalue weighted by atomic mass is 9.94. The van der Waals surface area contributed by atoms with Crippen molar-refractivity contribution in [1.82, 2.24) is 35.1 Å². The Labute approximate surface area is 240 Å². The molecule has 2 aliphatic rings. The molecule has 2 fully saturated rings. The zero-order valence-electron chi connectivity index (χ0n) is 23.3. The van der Waals surface area contributed by atoms with Gasteiger partial charge in [0.25, 0.3) is 0 Å². The van der Waals surface area contributed by atoms with Crippen LogP contribution in [0.15, 0.2) is 67.0 Å². The van der Waals surface area contributed by atoms with Gasteiger partial charge in [0.1, 0.15) is 23.2 Å². The summed E-state index contributed by atoms with van der Waals surface area (Å²) in [7, 11) is 0. The monoisotopic (exact) mass is 549 g/mol. The maximum absolute atomic E-state index is 12.9. The van der Waals surface area contributed by atoms with E-state index in [2.05, 4.69) is 45.8 Å². The molecule has 210 valence electrons. The number of aryl methyl sites for hydroxylation is 1. The van der Waals surface area contributed by atoms with E-state index in [1.165, 1.54) is 6.42 Å². The molecular weight excluding hydrogens is 514 g/mol. The zero-order chi connectivity index (χ0) is 28.0. The SMILES string of the molecule is Cc1cccc(-c2nccc(Nc3ccnc(Cc4ccc(NC(=O)C5CCN(C6CCNC6)CC5)cc4)n3)n2)n1. The normalized spacial score (nSPS) is 17.8. The number of carbonyl (C=O) groups is 1. The van der Waals surface area contributed by atoms with Crippen LogP contribution in [0, 0.1) is 12.8 Å². The number of likely N-dealkylation sites (tertiary alicyclic amines) is 1. The van der Waals surface area contributed by atoms with E-state index < -0.39 is 0 Å². The fourth-order valence-electron chi connectivity index (χ4n) is 5.52. The molecule has 4 aromatic rings. The average Bonchev–Trinajstić information content (AvgIpc) is 3.54. The van der Waals surface area contributed by atoms with Crippen LogP contribution in [-0.4, -0.2) is 67.9 Å². The molecule has 0 saturated carbocycles. The molecule has 1 unspecified atom stereocenters. The van der Waals surface area contributed by atoms with Crippen LogP contribution >= 0.6 is 0 Å². The molecule has 0 bridgehead atoms. The molecule has 1 amide bonds. The topological polar surface area (TPSA) is 121 Å². The molecule has 0 aliphatic carbocycles. The second-order valence-electron chi connectivity index (χ2n) is 10.7. The lowest BCUT2D eigenvalue weighted by Crippen LogP contribution is -2.44. The number of nitrogens with one attached hydrogen (secondary N) is 3. The van der Waals surface area contributed by atoms with Gasteiger partial charge in [-0.1, -0.05) is 18.2 Å². The summed E-state index contributed by atoms with van der Waals surface area (Å²) in [6, 6.07) is 18.0. The van der Waals surface area contributed by atoms with Crippen molar-refractivity contribution in [3.8, 4) is 11.5 Å². The summed E-state index contributed by atoms with van der Waals surface area (Å²) in [5.41, 5.74) is 3.52. The number of pyridine rings is 1. The van der Waals surface area contributed by atoms with E-state index in [9.17, 15) is 4.79 Å². The first-order valence-electron chi connectivity index (χ1n) is 14.3. The maximum Gasteiger partial charge on any atom is 0.227 e. The average molecular weight is 550 g/mol. The molecule has 1 aromatic carbocycles. The van der Waals surface area contributed by atoms with E-state index in [1.54, 1.807) is 18.5 Å². The van der Waals surface area contributed by atoms with Crippen molar-refractivity contribution in [2.24, 2.45) is 5.92 Å². The van der Waals surface area contributed by atoms with Crippen molar-refractivity contribution in [2.45, 2.75) is 38.6 Å². The van der Waals surface area contributed by atoms with Gasteiger partial charge in [0.05, 0.1) is 0 Å². The molecule has 2 saturated heterocycles. The third kappa shape index (κ3) is 6.90. The molecule has 41 heavy (non-hydrogen) atoms. The number of aromatic nitrogens is 5. The quantitative estimate of drug-likeness (QED) is 0.300. The summed E-state index contributed by atoms with van der Waals surface area (Å²) in [6.45, 7) is 6.12. The van der Waals surface area contributed by atoms with Crippen LogP contribution in [0.3, 0.4) is 0 Å². The summed E-state index contributed by atoms with van der Waals surface area (Å²) in [4.78, 5) is 38.0. The van der Waals surface area contributed by atoms with Gasteiger partial charge >= 0.3 is 0 Å². The Morgan fingerprint density at radius 2 is 1.71 bits per heavy atom. The number of anilines is 3. The van der Waals surface area contributed by atoms with Crippen LogP contribution in [0.4, 0.5) is 17.3 Å². The van der Waals surface area contributed by atoms with Crippen molar-refractivity contribution >= 4 is 23.2 Å². The van der Waals surface area contributed by atoms with E-state index in [-0.39, 0.29) is 11.8 Å². The van der Waals surface area contributed by atoms with Gasteiger partial charge in [-0.25, -0.2) is 24.9 Å². The number of hydrogen-bond acceptors (Lipinski definition) is 9. The Kier molecular flexibility index (Phi) is 8.20. The molecule has 0 spiro atoms. The number of benzene rings is 1. The van der Waals surface area contributed by atoms with Gasteiger partial charge in [0.2, 0.25) is 5.91 Å². The predicted molar refractivity (Wildman–Crippen MR) is 159 cm³/mol. The molecule has 10 heteroatoms. The minimum Gasteiger partial charge on any atom is -0.326 e. The molecule has 2 aliphatic heterocycles. The lowest BCUT2D eigenvalue weighted by molar-refractivity contribution is -0.121. The van der Waals surface area contributed by atoms with E-state index in [0.29, 0.717) is 35.7 Å². The molecular formula is C31H35N9O. The summed E-state index contributed by atoms with van der Waals surface area (Å²) in [6.07, 6.45) is 7.06. The van der Waals surface area contributed by atoms with Gasteiger partial charge in [-0.3, -0.25) is 9.69 Å². The van der Waals surface area contributed by atoms with E-state index in [0.717, 1.165) is 61.7 Å². The van der Waals surface area contributed by atoms with Crippen LogP contribution < -0.4 is 16.0 Å². The minimum atomic E-state index is 0.0722. The number of piperidine rings is 1. The van der Waals surface area contributed by atoms with Gasteiger partial charge in [0.15, 0.2) is 5.82 Å². The standard InChI is InChI=1S/C31H35N9O/c1-21-3-2-4-26(35-21)30-34-16-11-28(39-30)37-27-10-15-33-29(38-27)19-22-5-7-24(8-6-22)36-31(41)23-12-17-40(18-13-23)25-9-14-32-20-25/h2-8,10-11,15-16,23,25,32H,9,12-14,17-20H2,1H3,(H,36,41)(H,33,34,37,38,39). The number of carbonyl (C=O) groups excluding carboxylic acids is 1. The maximum atomic E-state index is 12.9. The molecule has 5 heterocycles. The Bertz CT molecular complexity index is 1480. The first-order valence-corrected chi connectivity index (χ1v) is 14.3. The van der Waals surface area contributed by atoms with Crippen molar-refractivity contribution in [3.05, 3.63) is 84.1 Å². The summed E-state index contributed by atoms with van der Waals surface area (Å²) >= 11 is 0. The molecule has 10 nitrogen and oxygen atoms in total. The van der Waals surface area contributed by atoms with Gasteiger partial charge < -0.3 is 16.0 Å². The number of hydrogen-bond donors (Lipinski definition) is 3. The van der Waals surface area contributed by atoms with E-state index in [1.807, 2.05) is 55.5 Å². The number of nitrogens with zero attached hydrogens (tertiary/aromatic N) is 6. The second-order valence-corrected chi connectivity index (χ2v) is 10.7. The lowest BCUT2D eigenvalue weighted by Gasteiger charge is -2.35. The summed E-state index contributed by atoms with van der Waals surface area (Å²) in [5.74, 6) is 2.70. The summed E-state index contributed by atoms with van der Waals surface area (Å²) in [5, 5.41) is 9.81. The van der Waals surface area contributed by atoms with Gasteiger partial charge in [0, 0.05) is 48.7 Å². The Morgan fingerprint density at radius 1 is 0.927 bits per heavy atom. The highest BCUT2D eigenvalue weighted by molar-refractivity contribution is 5.92. The second kappa shape index (κ2) is 12.5. The fourth-order valence-corrected chi connectivity index (χ4v) is 5.52. The Balaban J connectivity index is 1.03. The van der Waals surface area contributed by atoms with Crippen LogP contribution in [0.2, 0.25) is 0 Å². The Morgan fingerprint density at radius 3 is 2.46 bits per heavy atom. The molecule has 3 N–H and O–H groups in total. The first-order chi connectivity index (χ1) is 20.1. The fraction of sp³-hybridized carbons (Fsp3) is 0.355. The van der Waals surface area contributed by atoms with Gasteiger partial charge in [-0.05, 0) is 87.8 Å². The van der Waals surface area contributed by atoms with E-state index in [4.69, 9.17) is 0 Å². The van der Waals surface area contributed by atoms with Crippen molar-refractivity contribution in [1.29, 1.82) is 0 Å². The minimum absolute atomic E-state index is 0.0722. The van der Waals surface area contributed by atoms with E-state index >= 15 is 0 Å². The zero-order valence-corrected chi connectivity index (χ0v) is 23.3. The van der Waals surface area contributed by atoms with Crippen molar-refractivity contribution < 1.29 is 4.79 Å². The largest absolute Gasteiger partial charge is 0.326 e. The third-order valence-corrected chi connectivity index (χ3v) is 7.77.